The van der Waals surface area contributed by atoms with Crippen LogP contribution in [0, 0.1) is 11.8 Å². The Balaban J connectivity index is 1.69. The van der Waals surface area contributed by atoms with E-state index in [1.54, 1.807) is 7.11 Å². The summed E-state index contributed by atoms with van der Waals surface area (Å²) >= 11 is 0. The lowest BCUT2D eigenvalue weighted by molar-refractivity contribution is 0.414. The predicted molar refractivity (Wildman–Crippen MR) is 84.5 cm³/mol. The summed E-state index contributed by atoms with van der Waals surface area (Å²) in [4.78, 5) is 0. The molecule has 0 saturated carbocycles. The molecule has 0 amide bonds. The summed E-state index contributed by atoms with van der Waals surface area (Å²) in [7, 11) is 1.65. The average molecular weight is 277 g/mol. The Bertz CT molecular complexity index is 811. The van der Waals surface area contributed by atoms with Gasteiger partial charge in [-0.15, -0.1) is 0 Å². The van der Waals surface area contributed by atoms with Gasteiger partial charge in [0, 0.05) is 16.6 Å². The van der Waals surface area contributed by atoms with Crippen molar-refractivity contribution in [2.75, 3.05) is 19.0 Å². The molecule has 3 aromatic rings. The lowest BCUT2D eigenvalue weighted by atomic mass is 10.2. The smallest absolute Gasteiger partial charge is 0.120 e. The Kier molecular flexibility index (Phi) is 3.74. The van der Waals surface area contributed by atoms with Crippen LogP contribution in [0.4, 0.5) is 5.69 Å². The van der Waals surface area contributed by atoms with Crippen molar-refractivity contribution >= 4 is 16.6 Å². The summed E-state index contributed by atoms with van der Waals surface area (Å²) < 4.78 is 5.18. The third-order valence-electron chi connectivity index (χ3n) is 3.15. The van der Waals surface area contributed by atoms with E-state index in [4.69, 9.17) is 4.74 Å². The first kappa shape index (κ1) is 13.1. The number of hydrogen-bond acceptors (Lipinski definition) is 3. The number of aromatic amines is 1. The van der Waals surface area contributed by atoms with Crippen molar-refractivity contribution in [3.05, 3.63) is 54.2 Å². The number of benzene rings is 2. The van der Waals surface area contributed by atoms with Crippen LogP contribution >= 0.6 is 0 Å². The van der Waals surface area contributed by atoms with Gasteiger partial charge in [0.15, 0.2) is 0 Å². The molecule has 1 aromatic heterocycles. The van der Waals surface area contributed by atoms with Gasteiger partial charge in [0.25, 0.3) is 0 Å². The Hall–Kier alpha value is -2.93. The van der Waals surface area contributed by atoms with Crippen molar-refractivity contribution in [3.8, 4) is 17.6 Å². The second-order valence-corrected chi connectivity index (χ2v) is 4.52. The van der Waals surface area contributed by atoms with Gasteiger partial charge in [0.2, 0.25) is 0 Å². The molecule has 4 nitrogen and oxygen atoms in total. The van der Waals surface area contributed by atoms with E-state index < -0.39 is 0 Å². The molecule has 0 atom stereocenters. The van der Waals surface area contributed by atoms with Crippen LogP contribution in [0.15, 0.2) is 48.7 Å². The predicted octanol–water partition coefficient (Wildman–Crippen LogP) is 3.04. The first-order valence-electron chi connectivity index (χ1n) is 6.66. The Morgan fingerprint density at radius 3 is 3.05 bits per heavy atom. The van der Waals surface area contributed by atoms with E-state index in [2.05, 4.69) is 27.4 Å². The highest BCUT2D eigenvalue weighted by molar-refractivity contribution is 5.90. The molecule has 104 valence electrons. The molecule has 0 aliphatic rings. The molecular weight excluding hydrogens is 262 g/mol. The number of H-pyrrole nitrogens is 1. The van der Waals surface area contributed by atoms with Gasteiger partial charge in [-0.25, -0.2) is 0 Å². The van der Waals surface area contributed by atoms with Crippen LogP contribution in [0.1, 0.15) is 5.56 Å². The summed E-state index contributed by atoms with van der Waals surface area (Å²) in [6.45, 7) is 0.571. The molecule has 0 fully saturated rings. The Labute approximate surface area is 123 Å². The zero-order valence-corrected chi connectivity index (χ0v) is 11.7. The fraction of sp³-hybridized carbons (Fsp3) is 0.118. The highest BCUT2D eigenvalue weighted by atomic mass is 16.5. The van der Waals surface area contributed by atoms with Crippen molar-refractivity contribution < 1.29 is 4.74 Å². The molecule has 0 aliphatic carbocycles. The third-order valence-corrected chi connectivity index (χ3v) is 3.15. The summed E-state index contributed by atoms with van der Waals surface area (Å²) in [6, 6.07) is 13.7. The summed E-state index contributed by atoms with van der Waals surface area (Å²) in [5.74, 6) is 7.04. The number of nitrogens with zero attached hydrogens (tertiary/aromatic N) is 1. The average Bonchev–Trinajstić information content (AvgIpc) is 3.01. The van der Waals surface area contributed by atoms with Crippen molar-refractivity contribution in [2.24, 2.45) is 0 Å². The van der Waals surface area contributed by atoms with Gasteiger partial charge in [0.1, 0.15) is 5.75 Å². The van der Waals surface area contributed by atoms with Crippen molar-refractivity contribution in [2.45, 2.75) is 0 Å². The lowest BCUT2D eigenvalue weighted by Gasteiger charge is -2.03. The highest BCUT2D eigenvalue weighted by Crippen LogP contribution is 2.20. The van der Waals surface area contributed by atoms with Gasteiger partial charge < -0.3 is 10.1 Å². The minimum atomic E-state index is 0.571. The Morgan fingerprint density at radius 2 is 2.14 bits per heavy atom. The van der Waals surface area contributed by atoms with Crippen LogP contribution in [0.5, 0.6) is 5.75 Å². The number of hydrogen-bond donors (Lipinski definition) is 2. The van der Waals surface area contributed by atoms with Crippen molar-refractivity contribution in [1.29, 1.82) is 0 Å². The fourth-order valence-electron chi connectivity index (χ4n) is 2.11. The monoisotopic (exact) mass is 277 g/mol. The number of ether oxygens (including phenoxy) is 1. The molecule has 0 saturated heterocycles. The number of nitrogens with one attached hydrogen (secondary N) is 2. The third kappa shape index (κ3) is 2.98. The molecule has 2 aromatic carbocycles. The number of aromatic nitrogens is 2. The van der Waals surface area contributed by atoms with E-state index in [0.717, 1.165) is 27.9 Å². The molecule has 0 spiro atoms. The molecule has 0 unspecified atom stereocenters. The van der Waals surface area contributed by atoms with Gasteiger partial charge >= 0.3 is 0 Å². The first-order chi connectivity index (χ1) is 10.4. The normalized spacial score (nSPS) is 9.95. The summed E-state index contributed by atoms with van der Waals surface area (Å²) in [6.07, 6.45) is 1.81. The lowest BCUT2D eigenvalue weighted by Crippen LogP contribution is -1.98. The molecular formula is C17H15N3O. The highest BCUT2D eigenvalue weighted by Gasteiger charge is 2.00. The largest absolute Gasteiger partial charge is 0.497 e. The van der Waals surface area contributed by atoms with Crippen LogP contribution < -0.4 is 10.1 Å². The van der Waals surface area contributed by atoms with Crippen molar-refractivity contribution in [3.63, 3.8) is 0 Å². The molecule has 0 bridgehead atoms. The van der Waals surface area contributed by atoms with E-state index >= 15 is 0 Å². The second kappa shape index (κ2) is 6.02. The maximum absolute atomic E-state index is 5.18. The number of rotatable bonds is 3. The number of anilines is 1. The van der Waals surface area contributed by atoms with E-state index in [-0.39, 0.29) is 0 Å². The van der Waals surface area contributed by atoms with Gasteiger partial charge in [0.05, 0.1) is 25.4 Å². The zero-order chi connectivity index (χ0) is 14.5. The summed E-state index contributed by atoms with van der Waals surface area (Å²) in [5, 5.41) is 11.4. The van der Waals surface area contributed by atoms with E-state index in [0.29, 0.717) is 6.54 Å². The van der Waals surface area contributed by atoms with Gasteiger partial charge in [-0.3, -0.25) is 5.10 Å². The standard InChI is InChI=1S/C17H15N3O/c1-21-14-7-2-5-13(11-14)6-4-10-18-16-8-3-9-17-15(16)12-19-20-17/h2-3,5,7-9,11-12,18H,10H2,1H3,(H,19,20). The van der Waals surface area contributed by atoms with E-state index in [1.807, 2.05) is 48.7 Å². The minimum absolute atomic E-state index is 0.571. The molecule has 21 heavy (non-hydrogen) atoms. The quantitative estimate of drug-likeness (QED) is 0.723. The van der Waals surface area contributed by atoms with Gasteiger partial charge in [-0.2, -0.15) is 5.10 Å². The second-order valence-electron chi connectivity index (χ2n) is 4.52. The van der Waals surface area contributed by atoms with Crippen LogP contribution in [-0.4, -0.2) is 23.9 Å². The Morgan fingerprint density at radius 1 is 1.24 bits per heavy atom. The molecule has 0 aliphatic heterocycles. The van der Waals surface area contributed by atoms with Crippen LogP contribution in [0.2, 0.25) is 0 Å². The molecule has 2 N–H and O–H groups in total. The fourth-order valence-corrected chi connectivity index (χ4v) is 2.11. The topological polar surface area (TPSA) is 49.9 Å². The first-order valence-corrected chi connectivity index (χ1v) is 6.66. The SMILES string of the molecule is COc1cccc(C#CCNc2cccc3[nH]ncc23)c1. The van der Waals surface area contributed by atoms with Crippen LogP contribution in [0.3, 0.4) is 0 Å². The van der Waals surface area contributed by atoms with Gasteiger partial charge in [-0.1, -0.05) is 24.0 Å². The van der Waals surface area contributed by atoms with Crippen LogP contribution in [-0.2, 0) is 0 Å². The number of fused-ring (bicyclic) bond motifs is 1. The molecule has 1 heterocycles. The minimum Gasteiger partial charge on any atom is -0.497 e. The zero-order valence-electron chi connectivity index (χ0n) is 11.7. The summed E-state index contributed by atoms with van der Waals surface area (Å²) in [5.41, 5.74) is 2.99. The van der Waals surface area contributed by atoms with Crippen molar-refractivity contribution in [1.82, 2.24) is 10.2 Å². The maximum Gasteiger partial charge on any atom is 0.120 e. The van der Waals surface area contributed by atoms with E-state index in [1.165, 1.54) is 0 Å². The van der Waals surface area contributed by atoms with Crippen LogP contribution in [0.25, 0.3) is 10.9 Å². The molecule has 3 rings (SSSR count). The van der Waals surface area contributed by atoms with Gasteiger partial charge in [-0.05, 0) is 30.3 Å². The van der Waals surface area contributed by atoms with E-state index in [9.17, 15) is 0 Å². The maximum atomic E-state index is 5.18. The molecule has 4 heteroatoms. The molecule has 0 radical (unpaired) electrons. The number of methoxy groups -OCH3 is 1.